The van der Waals surface area contributed by atoms with Gasteiger partial charge in [-0.15, -0.1) is 0 Å². The molecule has 1 aromatic carbocycles. The highest BCUT2D eigenvalue weighted by Crippen LogP contribution is 2.25. The molecule has 0 fully saturated rings. The van der Waals surface area contributed by atoms with E-state index >= 15 is 0 Å². The maximum absolute atomic E-state index is 10.7. The van der Waals surface area contributed by atoms with E-state index in [0.717, 1.165) is 12.1 Å². The Morgan fingerprint density at radius 2 is 1.83 bits per heavy atom. The summed E-state index contributed by atoms with van der Waals surface area (Å²) in [4.78, 5) is 30.0. The van der Waals surface area contributed by atoms with E-state index < -0.39 is 15.8 Å². The molecule has 0 aliphatic carbocycles. The minimum atomic E-state index is -1.24. The van der Waals surface area contributed by atoms with Gasteiger partial charge in [-0.3, -0.25) is 20.2 Å². The highest BCUT2D eigenvalue weighted by Gasteiger charge is 2.18. The first-order valence-corrected chi connectivity index (χ1v) is 5.03. The molecule has 8 nitrogen and oxygen atoms in total. The number of benzene rings is 1. The Balaban J connectivity index is 2.93. The number of nitro benzene ring substituents is 2. The Kier molecular flexibility index (Phi) is 4.30. The van der Waals surface area contributed by atoms with E-state index in [9.17, 15) is 30.1 Å². The van der Waals surface area contributed by atoms with E-state index in [1.807, 2.05) is 0 Å². The van der Waals surface area contributed by atoms with Crippen LogP contribution in [0.4, 0.5) is 11.4 Å². The summed E-state index contributed by atoms with van der Waals surface area (Å²) in [5.74, 6) is -1.24. The van der Waals surface area contributed by atoms with E-state index in [4.69, 9.17) is 0 Å². The van der Waals surface area contributed by atoms with Crippen LogP contribution in [0, 0.1) is 20.2 Å². The van der Waals surface area contributed by atoms with E-state index in [0.29, 0.717) is 0 Å². The Bertz CT molecular complexity index is 499. The van der Waals surface area contributed by atoms with Crippen LogP contribution in [0.15, 0.2) is 18.2 Å². The predicted octanol–water partition coefficient (Wildman–Crippen LogP) is 0.576. The van der Waals surface area contributed by atoms with Crippen LogP contribution in [0.25, 0.3) is 0 Å². The van der Waals surface area contributed by atoms with Crippen LogP contribution in [-0.4, -0.2) is 15.8 Å². The molecule has 0 heterocycles. The number of aryl methyl sites for hydroxylation is 1. The molecular formula is C10H9N2O6-. The van der Waals surface area contributed by atoms with E-state index in [1.165, 1.54) is 6.07 Å². The molecule has 0 aromatic heterocycles. The molecule has 0 radical (unpaired) electrons. The van der Waals surface area contributed by atoms with Crippen LogP contribution in [0.5, 0.6) is 0 Å². The molecule has 0 bridgehead atoms. The molecule has 0 aliphatic rings. The standard InChI is InChI=1S/C10H10N2O6/c13-10(14)3-1-2-7-4-5-8(11(15)16)6-9(7)12(17)18/h4-6H,1-3H2,(H,13,14)/p-1. The van der Waals surface area contributed by atoms with Crippen LogP contribution >= 0.6 is 0 Å². The Hall–Kier alpha value is -2.51. The van der Waals surface area contributed by atoms with Gasteiger partial charge >= 0.3 is 0 Å². The van der Waals surface area contributed by atoms with Crippen LogP contribution in [-0.2, 0) is 11.2 Å². The van der Waals surface area contributed by atoms with Gasteiger partial charge in [0.2, 0.25) is 0 Å². The maximum atomic E-state index is 10.7. The van der Waals surface area contributed by atoms with Gasteiger partial charge in [-0.05, 0) is 25.3 Å². The third-order valence-electron chi connectivity index (χ3n) is 2.30. The van der Waals surface area contributed by atoms with Gasteiger partial charge in [0.25, 0.3) is 11.4 Å². The number of rotatable bonds is 6. The number of carbonyl (C=O) groups is 1. The van der Waals surface area contributed by atoms with E-state index in [2.05, 4.69) is 0 Å². The predicted molar refractivity (Wildman–Crippen MR) is 57.7 cm³/mol. The van der Waals surface area contributed by atoms with Gasteiger partial charge in [-0.2, -0.15) is 0 Å². The fourth-order valence-corrected chi connectivity index (χ4v) is 1.47. The summed E-state index contributed by atoms with van der Waals surface area (Å²) in [7, 11) is 0. The smallest absolute Gasteiger partial charge is 0.279 e. The van der Waals surface area contributed by atoms with Gasteiger partial charge in [0.15, 0.2) is 0 Å². The molecule has 0 atom stereocenters. The summed E-state index contributed by atoms with van der Waals surface area (Å²) in [5, 5.41) is 31.5. The molecule has 0 spiro atoms. The summed E-state index contributed by atoms with van der Waals surface area (Å²) >= 11 is 0. The molecule has 1 rings (SSSR count). The maximum Gasteiger partial charge on any atom is 0.279 e. The van der Waals surface area contributed by atoms with Crippen LogP contribution in [0.1, 0.15) is 18.4 Å². The lowest BCUT2D eigenvalue weighted by Gasteiger charge is -2.03. The molecule has 0 amide bonds. The third kappa shape index (κ3) is 3.51. The minimum absolute atomic E-state index is 0.155. The molecule has 0 saturated heterocycles. The van der Waals surface area contributed by atoms with Crippen LogP contribution in [0.2, 0.25) is 0 Å². The third-order valence-corrected chi connectivity index (χ3v) is 2.30. The fourth-order valence-electron chi connectivity index (χ4n) is 1.47. The van der Waals surface area contributed by atoms with Crippen molar-refractivity contribution in [3.8, 4) is 0 Å². The van der Waals surface area contributed by atoms with Gasteiger partial charge in [-0.1, -0.05) is 0 Å². The number of aliphatic carboxylic acids is 1. The zero-order chi connectivity index (χ0) is 13.7. The second kappa shape index (κ2) is 5.71. The van der Waals surface area contributed by atoms with Crippen LogP contribution in [0.3, 0.4) is 0 Å². The zero-order valence-electron chi connectivity index (χ0n) is 9.20. The highest BCUT2D eigenvalue weighted by molar-refractivity contribution is 5.64. The largest absolute Gasteiger partial charge is 0.550 e. The molecule has 0 N–H and O–H groups in total. The summed E-state index contributed by atoms with van der Waals surface area (Å²) in [6.45, 7) is 0. The van der Waals surface area contributed by atoms with Crippen molar-refractivity contribution in [3.05, 3.63) is 44.0 Å². The minimum Gasteiger partial charge on any atom is -0.550 e. The summed E-state index contributed by atoms with van der Waals surface area (Å²) in [6.07, 6.45) is 0.122. The lowest BCUT2D eigenvalue weighted by molar-refractivity contribution is -0.394. The van der Waals surface area contributed by atoms with Crippen molar-refractivity contribution in [2.24, 2.45) is 0 Å². The first-order chi connectivity index (χ1) is 8.41. The van der Waals surface area contributed by atoms with E-state index in [-0.39, 0.29) is 36.2 Å². The number of hydrogen-bond donors (Lipinski definition) is 0. The molecule has 0 unspecified atom stereocenters. The topological polar surface area (TPSA) is 126 Å². The van der Waals surface area contributed by atoms with Crippen molar-refractivity contribution in [2.75, 3.05) is 0 Å². The molecule has 0 aliphatic heterocycles. The Morgan fingerprint density at radius 3 is 2.33 bits per heavy atom. The number of carboxylic acids is 1. The second-order valence-electron chi connectivity index (χ2n) is 3.55. The normalized spacial score (nSPS) is 10.0. The van der Waals surface area contributed by atoms with Crippen molar-refractivity contribution < 1.29 is 19.7 Å². The average Bonchev–Trinajstić information content (AvgIpc) is 2.28. The summed E-state index contributed by atoms with van der Waals surface area (Å²) in [5.41, 5.74) is -0.472. The number of carbonyl (C=O) groups excluding carboxylic acids is 1. The second-order valence-corrected chi connectivity index (χ2v) is 3.55. The van der Waals surface area contributed by atoms with Crippen molar-refractivity contribution in [1.29, 1.82) is 0 Å². The van der Waals surface area contributed by atoms with Gasteiger partial charge in [0.1, 0.15) is 0 Å². The van der Waals surface area contributed by atoms with Gasteiger partial charge in [-0.25, -0.2) is 0 Å². The van der Waals surface area contributed by atoms with Crippen molar-refractivity contribution in [1.82, 2.24) is 0 Å². The zero-order valence-corrected chi connectivity index (χ0v) is 9.20. The monoisotopic (exact) mass is 253 g/mol. The molecule has 8 heteroatoms. The van der Waals surface area contributed by atoms with Gasteiger partial charge < -0.3 is 9.90 Å². The van der Waals surface area contributed by atoms with E-state index in [1.54, 1.807) is 0 Å². The van der Waals surface area contributed by atoms with Gasteiger partial charge in [0.05, 0.1) is 15.9 Å². The summed E-state index contributed by atoms with van der Waals surface area (Å²) in [6, 6.07) is 3.29. The number of nitro groups is 2. The lowest BCUT2D eigenvalue weighted by atomic mass is 10.1. The van der Waals surface area contributed by atoms with Crippen molar-refractivity contribution in [3.63, 3.8) is 0 Å². The highest BCUT2D eigenvalue weighted by atomic mass is 16.6. The fraction of sp³-hybridized carbons (Fsp3) is 0.300. The number of nitrogens with zero attached hydrogens (tertiary/aromatic N) is 2. The number of non-ortho nitro benzene ring substituents is 1. The molecule has 18 heavy (non-hydrogen) atoms. The number of carboxylic acid groups (broad SMARTS) is 1. The Labute approximate surface area is 101 Å². The Morgan fingerprint density at radius 1 is 1.17 bits per heavy atom. The quantitative estimate of drug-likeness (QED) is 0.538. The lowest BCUT2D eigenvalue weighted by Crippen LogP contribution is -2.21. The molecule has 96 valence electrons. The summed E-state index contributed by atoms with van der Waals surface area (Å²) < 4.78 is 0. The first kappa shape index (κ1) is 13.6. The van der Waals surface area contributed by atoms with Crippen molar-refractivity contribution in [2.45, 2.75) is 19.3 Å². The first-order valence-electron chi connectivity index (χ1n) is 5.03. The van der Waals surface area contributed by atoms with Gasteiger partial charge in [0, 0.05) is 17.6 Å². The number of hydrogen-bond acceptors (Lipinski definition) is 6. The SMILES string of the molecule is O=C([O-])CCCc1ccc([N+](=O)[O-])cc1[N+](=O)[O-]. The van der Waals surface area contributed by atoms with Crippen molar-refractivity contribution >= 4 is 17.3 Å². The average molecular weight is 253 g/mol. The molecular weight excluding hydrogens is 244 g/mol. The molecule has 1 aromatic rings. The van der Waals surface area contributed by atoms with Crippen LogP contribution < -0.4 is 5.11 Å². The molecule has 0 saturated carbocycles.